The van der Waals surface area contributed by atoms with Crippen LogP contribution in [0.1, 0.15) is 75.9 Å². The Hall–Kier alpha value is -5.59. The molecule has 55 heavy (non-hydrogen) atoms. The number of anilines is 1. The zero-order valence-corrected chi connectivity index (χ0v) is 31.7. The number of esters is 1. The molecule has 1 N–H and O–H groups in total. The molecule has 1 aromatic heterocycles. The summed E-state index contributed by atoms with van der Waals surface area (Å²) in [5.74, 6) is -1.21. The van der Waals surface area contributed by atoms with Crippen LogP contribution in [-0.4, -0.2) is 46.3 Å². The average molecular weight is 746 g/mol. The van der Waals surface area contributed by atoms with Gasteiger partial charge in [0.15, 0.2) is 0 Å². The number of benzene rings is 4. The van der Waals surface area contributed by atoms with Crippen molar-refractivity contribution in [2.45, 2.75) is 84.2 Å². The lowest BCUT2D eigenvalue weighted by atomic mass is 9.76. The molecule has 0 radical (unpaired) electrons. The van der Waals surface area contributed by atoms with Crippen LogP contribution in [-0.2, 0) is 25.4 Å². The second-order valence-corrected chi connectivity index (χ2v) is 15.0. The predicted molar refractivity (Wildman–Crippen MR) is 212 cm³/mol. The Bertz CT molecular complexity index is 2130. The minimum Gasteiger partial charge on any atom is -0.460 e. The number of rotatable bonds is 12. The van der Waals surface area contributed by atoms with Gasteiger partial charge in [-0.2, -0.15) is 0 Å². The third-order valence-corrected chi connectivity index (χ3v) is 9.29. The Morgan fingerprint density at radius 2 is 1.58 bits per heavy atom. The van der Waals surface area contributed by atoms with E-state index in [0.29, 0.717) is 36.1 Å². The molecule has 284 valence electrons. The van der Waals surface area contributed by atoms with E-state index < -0.39 is 35.8 Å². The first-order valence-electron chi connectivity index (χ1n) is 18.5. The van der Waals surface area contributed by atoms with E-state index in [1.54, 1.807) is 45.0 Å². The molecular weight excluding hydrogens is 700 g/mol. The van der Waals surface area contributed by atoms with E-state index in [1.165, 1.54) is 24.3 Å². The lowest BCUT2D eigenvalue weighted by Gasteiger charge is -2.35. The molecule has 0 spiro atoms. The van der Waals surface area contributed by atoms with Crippen molar-refractivity contribution in [1.82, 2.24) is 4.57 Å². The van der Waals surface area contributed by atoms with E-state index in [0.717, 1.165) is 28.1 Å². The van der Waals surface area contributed by atoms with Crippen LogP contribution in [0.5, 0.6) is 0 Å². The topological polar surface area (TPSA) is 122 Å². The predicted octanol–water partition coefficient (Wildman–Crippen LogP) is 8.94. The van der Waals surface area contributed by atoms with Gasteiger partial charge in [-0.25, -0.2) is 4.39 Å². The quantitative estimate of drug-likeness (QED) is 0.0586. The number of para-hydroxylation sites is 1. The van der Waals surface area contributed by atoms with E-state index in [9.17, 15) is 24.1 Å². The number of nitrogens with one attached hydrogen (secondary N) is 1. The number of carbonyl (C=O) groups excluding carboxylic acids is 2. The zero-order valence-electron chi connectivity index (χ0n) is 31.7. The Morgan fingerprint density at radius 3 is 2.22 bits per heavy atom. The van der Waals surface area contributed by atoms with Crippen LogP contribution in [0, 0.1) is 15.9 Å². The number of hydrogen-bond acceptors (Lipinski definition) is 7. The normalized spacial score (nSPS) is 15.9. The van der Waals surface area contributed by atoms with Gasteiger partial charge < -0.3 is 23.9 Å². The van der Waals surface area contributed by atoms with Crippen molar-refractivity contribution in [3.05, 3.63) is 136 Å². The highest BCUT2D eigenvalue weighted by molar-refractivity contribution is 6.61. The number of hydrogen-bond donors (Lipinski definition) is 1. The van der Waals surface area contributed by atoms with Crippen molar-refractivity contribution in [3.8, 4) is 22.4 Å². The Morgan fingerprint density at radius 1 is 0.927 bits per heavy atom. The molecule has 12 heteroatoms. The molecule has 10 nitrogen and oxygen atoms in total. The Kier molecular flexibility index (Phi) is 12.0. The van der Waals surface area contributed by atoms with Crippen LogP contribution in [0.2, 0.25) is 0 Å². The molecular formula is C43H45BFN3O7. The van der Waals surface area contributed by atoms with Gasteiger partial charge in [0.05, 0.1) is 28.7 Å². The minimum atomic E-state index is -0.982. The van der Waals surface area contributed by atoms with E-state index in [4.69, 9.17) is 14.0 Å². The first-order valence-corrected chi connectivity index (χ1v) is 18.5. The van der Waals surface area contributed by atoms with Crippen LogP contribution in [0.3, 0.4) is 0 Å². The number of amides is 1. The average Bonchev–Trinajstić information content (AvgIpc) is 3.50. The second-order valence-electron chi connectivity index (χ2n) is 15.0. The number of aromatic nitrogens is 1. The minimum absolute atomic E-state index is 0.0356. The number of nitro benzene ring substituents is 1. The number of carbonyl (C=O) groups is 2. The maximum atomic E-state index is 14.5. The van der Waals surface area contributed by atoms with Crippen molar-refractivity contribution in [1.29, 1.82) is 0 Å². The van der Waals surface area contributed by atoms with Crippen LogP contribution in [0.15, 0.2) is 109 Å². The van der Waals surface area contributed by atoms with E-state index in [-0.39, 0.29) is 29.8 Å². The fourth-order valence-electron chi connectivity index (χ4n) is 7.10. The summed E-state index contributed by atoms with van der Waals surface area (Å²) < 4.78 is 34.9. The molecule has 1 aliphatic heterocycles. The summed E-state index contributed by atoms with van der Waals surface area (Å²) in [7, 11) is -0.982. The van der Waals surface area contributed by atoms with Crippen LogP contribution < -0.4 is 10.8 Å². The number of ether oxygens (including phenoxy) is 1. The summed E-state index contributed by atoms with van der Waals surface area (Å²) in [5, 5.41) is 14.8. The zero-order chi connectivity index (χ0) is 39.3. The molecule has 5 aromatic rings. The van der Waals surface area contributed by atoms with Gasteiger partial charge in [-0.05, 0) is 92.5 Å². The summed E-state index contributed by atoms with van der Waals surface area (Å²) in [6.45, 7) is 9.84. The third kappa shape index (κ3) is 9.57. The van der Waals surface area contributed by atoms with Gasteiger partial charge >= 0.3 is 13.1 Å². The van der Waals surface area contributed by atoms with E-state index in [1.807, 2.05) is 74.5 Å². The van der Waals surface area contributed by atoms with Gasteiger partial charge in [0.25, 0.3) is 11.6 Å². The molecule has 1 amide bonds. The monoisotopic (exact) mass is 745 g/mol. The lowest BCUT2D eigenvalue weighted by molar-refractivity contribution is -0.384. The van der Waals surface area contributed by atoms with Gasteiger partial charge in [-0.3, -0.25) is 19.7 Å². The Labute approximate surface area is 320 Å². The van der Waals surface area contributed by atoms with Crippen molar-refractivity contribution in [2.75, 3.05) is 5.32 Å². The molecule has 1 saturated heterocycles. The molecule has 2 atom stereocenters. The molecule has 0 saturated carbocycles. The number of non-ortho nitro benzene ring substituents is 1. The molecule has 0 aliphatic carbocycles. The van der Waals surface area contributed by atoms with Gasteiger partial charge in [-0.15, -0.1) is 0 Å². The molecule has 2 unspecified atom stereocenters. The van der Waals surface area contributed by atoms with Gasteiger partial charge in [-0.1, -0.05) is 74.5 Å². The first kappa shape index (κ1) is 39.1. The molecule has 1 aliphatic rings. The molecule has 1 fully saturated rings. The van der Waals surface area contributed by atoms with Crippen LogP contribution in [0.4, 0.5) is 15.8 Å². The molecule has 0 bridgehead atoms. The molecule has 6 rings (SSSR count). The molecule has 4 aromatic carbocycles. The summed E-state index contributed by atoms with van der Waals surface area (Å²) in [6.07, 6.45) is -0.323. The molecule has 2 heterocycles. The van der Waals surface area contributed by atoms with E-state index in [2.05, 4.69) is 9.88 Å². The number of nitrogens with zero attached hydrogens (tertiary/aromatic N) is 2. The number of halogens is 1. The second kappa shape index (κ2) is 16.8. The van der Waals surface area contributed by atoms with E-state index >= 15 is 0 Å². The summed E-state index contributed by atoms with van der Waals surface area (Å²) in [5.41, 5.74) is 4.62. The smallest absolute Gasteiger partial charge is 0.460 e. The summed E-state index contributed by atoms with van der Waals surface area (Å²) in [6, 6.07) is 31.3. The van der Waals surface area contributed by atoms with Gasteiger partial charge in [0, 0.05) is 41.7 Å². The third-order valence-electron chi connectivity index (χ3n) is 9.29. The summed E-state index contributed by atoms with van der Waals surface area (Å²) >= 11 is 0. The highest BCUT2D eigenvalue weighted by Gasteiger charge is 2.38. The van der Waals surface area contributed by atoms with Crippen LogP contribution in [0.25, 0.3) is 22.4 Å². The lowest BCUT2D eigenvalue weighted by Crippen LogP contribution is -2.49. The van der Waals surface area contributed by atoms with Gasteiger partial charge in [0.2, 0.25) is 0 Å². The standard InChI is InChI=1S/C43H45BFN3O7/c1-28(2)40-39(42(50)46-33-16-10-7-11-17-33)38(29-13-8-6-9-14-29)41(30-19-21-32(45)22-20-30)47(40)24-23-35-26-36(27-37(49)53-43(3,4)5)55-44(54-35)31-15-12-18-34(25-31)48(51)52/h6-22,25,28,35-36H,23-24,26-27H2,1-5H3,(H,46,50). The van der Waals surface area contributed by atoms with Crippen LogP contribution >= 0.6 is 0 Å². The largest absolute Gasteiger partial charge is 0.494 e. The number of nitro groups is 1. The Balaban J connectivity index is 1.44. The highest BCUT2D eigenvalue weighted by Crippen LogP contribution is 2.43. The van der Waals surface area contributed by atoms with Crippen molar-refractivity contribution in [2.24, 2.45) is 0 Å². The summed E-state index contributed by atoms with van der Waals surface area (Å²) in [4.78, 5) is 38.7. The van der Waals surface area contributed by atoms with Crippen molar-refractivity contribution >= 4 is 35.8 Å². The first-order chi connectivity index (χ1) is 26.3. The van der Waals surface area contributed by atoms with Crippen molar-refractivity contribution in [3.63, 3.8) is 0 Å². The SMILES string of the molecule is CC(C)c1c(C(=O)Nc2ccccc2)c(-c2ccccc2)c(-c2ccc(F)cc2)n1CCC1CC(CC(=O)OC(C)(C)C)OB(c2cccc([N+](=O)[O-])c2)O1. The maximum absolute atomic E-state index is 14.5. The van der Waals surface area contributed by atoms with Gasteiger partial charge in [0.1, 0.15) is 11.4 Å². The maximum Gasteiger partial charge on any atom is 0.494 e. The fourth-order valence-corrected chi connectivity index (χ4v) is 7.10. The fraction of sp³-hybridized carbons (Fsp3) is 0.302. The highest BCUT2D eigenvalue weighted by atomic mass is 19.1. The van der Waals surface area contributed by atoms with Crippen molar-refractivity contribution < 1.29 is 32.9 Å².